The van der Waals surface area contributed by atoms with Crippen molar-refractivity contribution in [1.82, 2.24) is 9.88 Å². The van der Waals surface area contributed by atoms with E-state index in [2.05, 4.69) is 9.98 Å². The summed E-state index contributed by atoms with van der Waals surface area (Å²) in [6, 6.07) is 20.3. The number of pyridine rings is 1. The van der Waals surface area contributed by atoms with Crippen molar-refractivity contribution in [3.8, 4) is 11.5 Å². The zero-order valence-corrected chi connectivity index (χ0v) is 23.8. The number of hydrogen-bond donors (Lipinski definition) is 4. The van der Waals surface area contributed by atoms with Gasteiger partial charge in [-0.25, -0.2) is 19.6 Å². The van der Waals surface area contributed by atoms with Crippen LogP contribution >= 0.6 is 0 Å². The predicted molar refractivity (Wildman–Crippen MR) is 160 cm³/mol. The summed E-state index contributed by atoms with van der Waals surface area (Å²) in [6.07, 6.45) is 0. The molecule has 0 fully saturated rings. The molecule has 44 heavy (non-hydrogen) atoms. The van der Waals surface area contributed by atoms with E-state index in [0.29, 0.717) is 22.2 Å². The van der Waals surface area contributed by atoms with Crippen LogP contribution in [0.5, 0.6) is 11.5 Å². The Hall–Kier alpha value is -5.98. The predicted octanol–water partition coefficient (Wildman–Crippen LogP) is 3.33. The maximum absolute atomic E-state index is 13.4. The molecule has 0 spiro atoms. The van der Waals surface area contributed by atoms with Gasteiger partial charge in [-0.15, -0.1) is 0 Å². The zero-order valence-electron chi connectivity index (χ0n) is 23.8. The van der Waals surface area contributed by atoms with Crippen LogP contribution in [0.15, 0.2) is 83.9 Å². The number of nitrogens with two attached hydrogens (primary N) is 2. The highest BCUT2D eigenvalue weighted by atomic mass is 16.5. The zero-order chi connectivity index (χ0) is 32.0. The van der Waals surface area contributed by atoms with Crippen molar-refractivity contribution in [2.24, 2.45) is 16.5 Å². The normalized spacial score (nSPS) is 11.0. The van der Waals surface area contributed by atoms with Crippen molar-refractivity contribution in [2.75, 3.05) is 6.54 Å². The number of fused-ring (bicyclic) bond motifs is 1. The largest absolute Gasteiger partial charge is 0.480 e. The summed E-state index contributed by atoms with van der Waals surface area (Å²) in [5.41, 5.74) is 10.9. The molecule has 0 saturated heterocycles. The molecule has 4 rings (SSSR count). The lowest BCUT2D eigenvalue weighted by Crippen LogP contribution is -2.38. The summed E-state index contributed by atoms with van der Waals surface area (Å²) in [5.74, 6) is -3.23. The molecule has 1 amide bonds. The Balaban J connectivity index is 1.50. The molecule has 4 aromatic rings. The van der Waals surface area contributed by atoms with Gasteiger partial charge in [0.25, 0.3) is 5.91 Å². The molecular formula is C31H29N5O8. The Morgan fingerprint density at radius 1 is 0.909 bits per heavy atom. The molecule has 0 saturated carbocycles. The van der Waals surface area contributed by atoms with Crippen LogP contribution in [-0.4, -0.2) is 62.0 Å². The molecule has 226 valence electrons. The standard InChI is InChI=1S/C31H29N5O8/c1-31(2,29(41)42)44-23-5-3-4-18(14-23)16-36(17-26(37)38)27(39)25-12-8-20-15-22(11-13-24(20)35-25)43-28(40)19-6-9-21(10-7-19)34-30(32)33/h3-15H,16-17H2,1-2H3,(H,37,38)(H,41,42)(H4,32,33,34). The van der Waals surface area contributed by atoms with Gasteiger partial charge in [0.15, 0.2) is 11.6 Å². The monoisotopic (exact) mass is 599 g/mol. The lowest BCUT2D eigenvalue weighted by atomic mass is 10.1. The van der Waals surface area contributed by atoms with Crippen LogP contribution in [0, 0.1) is 0 Å². The van der Waals surface area contributed by atoms with E-state index in [0.717, 1.165) is 4.90 Å². The van der Waals surface area contributed by atoms with E-state index in [1.807, 2.05) is 0 Å². The minimum Gasteiger partial charge on any atom is -0.480 e. The summed E-state index contributed by atoms with van der Waals surface area (Å²) in [7, 11) is 0. The second-order valence-corrected chi connectivity index (χ2v) is 10.1. The van der Waals surface area contributed by atoms with E-state index in [1.165, 1.54) is 38.1 Å². The SMILES string of the molecule is CC(C)(Oc1cccc(CN(CC(=O)O)C(=O)c2ccc3cc(OC(=O)c4ccc(N=C(N)N)cc4)ccc3n2)c1)C(=O)O. The van der Waals surface area contributed by atoms with Gasteiger partial charge in [-0.2, -0.15) is 0 Å². The average Bonchev–Trinajstić information content (AvgIpc) is 2.96. The summed E-state index contributed by atoms with van der Waals surface area (Å²) in [6.45, 7) is 2.09. The maximum Gasteiger partial charge on any atom is 0.347 e. The number of rotatable bonds is 11. The number of nitrogens with zero attached hydrogens (tertiary/aromatic N) is 3. The first kappa shape index (κ1) is 31.0. The number of carboxylic acid groups (broad SMARTS) is 2. The highest BCUT2D eigenvalue weighted by Crippen LogP contribution is 2.24. The Kier molecular flexibility index (Phi) is 9.08. The molecular weight excluding hydrogens is 570 g/mol. The smallest absolute Gasteiger partial charge is 0.347 e. The summed E-state index contributed by atoms with van der Waals surface area (Å²) in [4.78, 5) is 58.4. The fourth-order valence-electron chi connectivity index (χ4n) is 4.06. The molecule has 0 unspecified atom stereocenters. The van der Waals surface area contributed by atoms with Crippen molar-refractivity contribution in [3.63, 3.8) is 0 Å². The number of aliphatic imine (C=N–C) groups is 1. The van der Waals surface area contributed by atoms with Crippen LogP contribution < -0.4 is 20.9 Å². The lowest BCUT2D eigenvalue weighted by molar-refractivity contribution is -0.152. The van der Waals surface area contributed by atoms with Crippen LogP contribution in [0.1, 0.15) is 40.3 Å². The minimum atomic E-state index is -1.50. The molecule has 0 aliphatic rings. The van der Waals surface area contributed by atoms with Crippen LogP contribution in [0.25, 0.3) is 10.9 Å². The third kappa shape index (κ3) is 7.85. The Bertz CT molecular complexity index is 1760. The van der Waals surface area contributed by atoms with Gasteiger partial charge in [-0.05, 0) is 80.1 Å². The van der Waals surface area contributed by atoms with Crippen molar-refractivity contribution < 1.29 is 38.9 Å². The van der Waals surface area contributed by atoms with Gasteiger partial charge in [0.1, 0.15) is 23.7 Å². The van der Waals surface area contributed by atoms with Crippen LogP contribution in [0.3, 0.4) is 0 Å². The molecule has 0 radical (unpaired) electrons. The third-order valence-corrected chi connectivity index (χ3v) is 6.22. The first-order chi connectivity index (χ1) is 20.8. The number of esters is 1. The van der Waals surface area contributed by atoms with Crippen LogP contribution in [0.2, 0.25) is 0 Å². The van der Waals surface area contributed by atoms with E-state index < -0.39 is 36.0 Å². The van der Waals surface area contributed by atoms with Gasteiger partial charge in [0.05, 0.1) is 16.8 Å². The molecule has 1 aromatic heterocycles. The van der Waals surface area contributed by atoms with Gasteiger partial charge in [-0.3, -0.25) is 9.59 Å². The van der Waals surface area contributed by atoms with Crippen LogP contribution in [-0.2, 0) is 16.1 Å². The molecule has 3 aromatic carbocycles. The van der Waals surface area contributed by atoms with Crippen molar-refractivity contribution in [3.05, 3.63) is 95.7 Å². The first-order valence-electron chi connectivity index (χ1n) is 13.2. The highest BCUT2D eigenvalue weighted by molar-refractivity contribution is 5.97. The van der Waals surface area contributed by atoms with Crippen molar-refractivity contribution >= 4 is 46.4 Å². The van der Waals surface area contributed by atoms with E-state index in [1.54, 1.807) is 54.6 Å². The summed E-state index contributed by atoms with van der Waals surface area (Å²) in [5, 5.41) is 19.4. The first-order valence-corrected chi connectivity index (χ1v) is 13.2. The molecule has 13 heteroatoms. The van der Waals surface area contributed by atoms with Gasteiger partial charge in [0, 0.05) is 11.9 Å². The Labute approximate surface area is 251 Å². The third-order valence-electron chi connectivity index (χ3n) is 6.22. The number of amides is 1. The average molecular weight is 600 g/mol. The number of carbonyl (C=O) groups is 4. The van der Waals surface area contributed by atoms with Gasteiger partial charge < -0.3 is 36.1 Å². The number of carboxylic acids is 2. The fraction of sp³-hybridized carbons (Fsp3) is 0.161. The number of carbonyl (C=O) groups excluding carboxylic acids is 2. The number of aromatic nitrogens is 1. The number of benzene rings is 3. The Morgan fingerprint density at radius 3 is 2.30 bits per heavy atom. The van der Waals surface area contributed by atoms with E-state index in [4.69, 9.17) is 20.9 Å². The van der Waals surface area contributed by atoms with Gasteiger partial charge in [-0.1, -0.05) is 18.2 Å². The quantitative estimate of drug-likeness (QED) is 0.0850. The Morgan fingerprint density at radius 2 is 1.64 bits per heavy atom. The van der Waals surface area contributed by atoms with Crippen LogP contribution in [0.4, 0.5) is 5.69 Å². The van der Waals surface area contributed by atoms with E-state index in [-0.39, 0.29) is 35.3 Å². The molecule has 1 heterocycles. The minimum absolute atomic E-state index is 0.00350. The van der Waals surface area contributed by atoms with E-state index in [9.17, 15) is 29.4 Å². The second kappa shape index (κ2) is 12.9. The lowest BCUT2D eigenvalue weighted by Gasteiger charge is -2.23. The molecule has 6 N–H and O–H groups in total. The number of ether oxygens (including phenoxy) is 2. The molecule has 0 atom stereocenters. The molecule has 13 nitrogen and oxygen atoms in total. The number of guanidine groups is 1. The molecule has 0 aliphatic heterocycles. The van der Waals surface area contributed by atoms with Gasteiger partial charge in [0.2, 0.25) is 0 Å². The maximum atomic E-state index is 13.4. The fourth-order valence-corrected chi connectivity index (χ4v) is 4.06. The second-order valence-electron chi connectivity index (χ2n) is 10.1. The summed E-state index contributed by atoms with van der Waals surface area (Å²) < 4.78 is 11.0. The van der Waals surface area contributed by atoms with Crippen molar-refractivity contribution in [2.45, 2.75) is 26.0 Å². The van der Waals surface area contributed by atoms with Crippen molar-refractivity contribution in [1.29, 1.82) is 0 Å². The van der Waals surface area contributed by atoms with Gasteiger partial charge >= 0.3 is 17.9 Å². The number of hydrogen-bond acceptors (Lipinski definition) is 8. The molecule has 0 aliphatic carbocycles. The number of aliphatic carboxylic acids is 2. The molecule has 0 bridgehead atoms. The highest BCUT2D eigenvalue weighted by Gasteiger charge is 2.29. The topological polar surface area (TPSA) is 208 Å². The summed E-state index contributed by atoms with van der Waals surface area (Å²) >= 11 is 0. The van der Waals surface area contributed by atoms with E-state index >= 15 is 0 Å².